The molecule has 0 spiro atoms. The zero-order valence-electron chi connectivity index (χ0n) is 8.83. The maximum atomic E-state index is 11.8. The average molecular weight is 281 g/mol. The van der Waals surface area contributed by atoms with Crippen LogP contribution >= 0.6 is 15.9 Å². The maximum absolute atomic E-state index is 11.8. The Bertz CT molecular complexity index is 640. The van der Waals surface area contributed by atoms with Crippen molar-refractivity contribution < 1.29 is 9.21 Å². The van der Waals surface area contributed by atoms with E-state index in [1.165, 1.54) is 6.92 Å². The van der Waals surface area contributed by atoms with Crippen molar-refractivity contribution in [2.75, 3.05) is 0 Å². The zero-order valence-corrected chi connectivity index (χ0v) is 10.4. The summed E-state index contributed by atoms with van der Waals surface area (Å²) in [4.78, 5) is 23.0. The van der Waals surface area contributed by atoms with Crippen molar-refractivity contribution in [3.63, 3.8) is 0 Å². The predicted octanol–water partition coefficient (Wildman–Crippen LogP) is 3.07. The van der Waals surface area contributed by atoms with Crippen LogP contribution in [-0.2, 0) is 0 Å². The summed E-state index contributed by atoms with van der Waals surface area (Å²) in [7, 11) is 0. The van der Waals surface area contributed by atoms with Crippen LogP contribution in [0.15, 0.2) is 31.9 Å². The maximum Gasteiger partial charge on any atom is 0.207 e. The largest absolute Gasteiger partial charge is 0.460 e. The number of Topliss-reactive ketones (excluding diaryl/α,β-unsaturated/α-hetero) is 1. The normalized spacial score (nSPS) is 10.7. The van der Waals surface area contributed by atoms with Gasteiger partial charge in [-0.15, -0.1) is 0 Å². The molecule has 82 valence electrons. The second-order valence-corrected chi connectivity index (χ2v) is 4.36. The Morgan fingerprint density at radius 3 is 2.69 bits per heavy atom. The van der Waals surface area contributed by atoms with E-state index >= 15 is 0 Å². The van der Waals surface area contributed by atoms with Crippen molar-refractivity contribution in [2.24, 2.45) is 0 Å². The van der Waals surface area contributed by atoms with E-state index in [1.54, 1.807) is 25.1 Å². The van der Waals surface area contributed by atoms with Gasteiger partial charge in [0.1, 0.15) is 15.8 Å². The molecule has 0 unspecified atom stereocenters. The molecule has 0 amide bonds. The molecule has 3 nitrogen and oxygen atoms in total. The molecule has 16 heavy (non-hydrogen) atoms. The number of halogens is 1. The predicted molar refractivity (Wildman–Crippen MR) is 64.9 cm³/mol. The van der Waals surface area contributed by atoms with Gasteiger partial charge in [0.2, 0.25) is 5.43 Å². The SMILES string of the molecule is CC(=O)c1ccc2c(=O)c(Br)c(C)oc2c1. The van der Waals surface area contributed by atoms with Gasteiger partial charge in [0.05, 0.1) is 5.39 Å². The van der Waals surface area contributed by atoms with Crippen LogP contribution in [0.2, 0.25) is 0 Å². The number of carbonyl (C=O) groups is 1. The van der Waals surface area contributed by atoms with E-state index in [4.69, 9.17) is 4.42 Å². The Labute approximate surface area is 100 Å². The van der Waals surface area contributed by atoms with Gasteiger partial charge < -0.3 is 4.42 Å². The van der Waals surface area contributed by atoms with E-state index in [9.17, 15) is 9.59 Å². The van der Waals surface area contributed by atoms with Crippen LogP contribution in [-0.4, -0.2) is 5.78 Å². The summed E-state index contributed by atoms with van der Waals surface area (Å²) in [5.41, 5.74) is 0.865. The monoisotopic (exact) mass is 280 g/mol. The van der Waals surface area contributed by atoms with Crippen LogP contribution < -0.4 is 5.43 Å². The van der Waals surface area contributed by atoms with Crippen LogP contribution in [0.4, 0.5) is 0 Å². The highest BCUT2D eigenvalue weighted by molar-refractivity contribution is 9.10. The minimum atomic E-state index is -0.117. The van der Waals surface area contributed by atoms with Crippen molar-refractivity contribution in [2.45, 2.75) is 13.8 Å². The van der Waals surface area contributed by atoms with Gasteiger partial charge in [-0.2, -0.15) is 0 Å². The first-order valence-electron chi connectivity index (χ1n) is 4.74. The van der Waals surface area contributed by atoms with Crippen LogP contribution in [0.5, 0.6) is 0 Å². The minimum Gasteiger partial charge on any atom is -0.460 e. The lowest BCUT2D eigenvalue weighted by molar-refractivity contribution is 0.101. The quantitative estimate of drug-likeness (QED) is 0.755. The van der Waals surface area contributed by atoms with Gasteiger partial charge >= 0.3 is 0 Å². The summed E-state index contributed by atoms with van der Waals surface area (Å²) < 4.78 is 5.89. The molecule has 0 fully saturated rings. The molecule has 0 N–H and O–H groups in total. The van der Waals surface area contributed by atoms with Crippen molar-refractivity contribution in [1.29, 1.82) is 0 Å². The van der Waals surface area contributed by atoms with Crippen molar-refractivity contribution in [1.82, 2.24) is 0 Å². The van der Waals surface area contributed by atoms with E-state index in [-0.39, 0.29) is 11.2 Å². The summed E-state index contributed by atoms with van der Waals surface area (Å²) >= 11 is 3.17. The molecule has 4 heteroatoms. The fourth-order valence-electron chi connectivity index (χ4n) is 1.50. The lowest BCUT2D eigenvalue weighted by Crippen LogP contribution is -2.05. The van der Waals surface area contributed by atoms with Crippen molar-refractivity contribution >= 4 is 32.7 Å². The third-order valence-electron chi connectivity index (χ3n) is 2.40. The number of fused-ring (bicyclic) bond motifs is 1. The molecule has 0 saturated carbocycles. The third-order valence-corrected chi connectivity index (χ3v) is 3.32. The molecule has 0 aliphatic carbocycles. The molecular formula is C12H9BrO3. The van der Waals surface area contributed by atoms with Crippen molar-refractivity contribution in [3.05, 3.63) is 44.2 Å². The summed E-state index contributed by atoms with van der Waals surface area (Å²) in [5.74, 6) is 0.461. The molecule has 0 aliphatic heterocycles. The molecule has 2 rings (SSSR count). The van der Waals surface area contributed by atoms with Gasteiger partial charge in [-0.3, -0.25) is 9.59 Å². The number of carbonyl (C=O) groups excluding carboxylic acids is 1. The fourth-order valence-corrected chi connectivity index (χ4v) is 1.80. The lowest BCUT2D eigenvalue weighted by atomic mass is 10.1. The summed E-state index contributed by atoms with van der Waals surface area (Å²) in [6, 6.07) is 4.84. The molecule has 2 aromatic rings. The Hall–Kier alpha value is -1.42. The molecule has 0 radical (unpaired) electrons. The minimum absolute atomic E-state index is 0.0508. The highest BCUT2D eigenvalue weighted by Gasteiger charge is 2.10. The van der Waals surface area contributed by atoms with Gasteiger partial charge in [-0.1, -0.05) is 6.07 Å². The van der Waals surface area contributed by atoms with E-state index in [0.717, 1.165) is 0 Å². The summed E-state index contributed by atoms with van der Waals surface area (Å²) in [6.45, 7) is 3.18. The lowest BCUT2D eigenvalue weighted by Gasteiger charge is -2.02. The van der Waals surface area contributed by atoms with E-state index < -0.39 is 0 Å². The average Bonchev–Trinajstić information content (AvgIpc) is 2.25. The first-order chi connectivity index (χ1) is 7.50. The molecule has 1 aromatic heterocycles. The summed E-state index contributed by atoms with van der Waals surface area (Å²) in [6.07, 6.45) is 0. The molecule has 1 heterocycles. The van der Waals surface area contributed by atoms with Gasteiger partial charge in [0.25, 0.3) is 0 Å². The zero-order chi connectivity index (χ0) is 11.9. The van der Waals surface area contributed by atoms with Gasteiger partial charge in [0, 0.05) is 5.56 Å². The molecule has 0 atom stereocenters. The van der Waals surface area contributed by atoms with Crippen LogP contribution in [0.25, 0.3) is 11.0 Å². The standard InChI is InChI=1S/C12H9BrO3/c1-6(14)8-3-4-9-10(5-8)16-7(2)11(13)12(9)15/h3-5H,1-2H3. The highest BCUT2D eigenvalue weighted by atomic mass is 79.9. The number of benzene rings is 1. The van der Waals surface area contributed by atoms with Crippen molar-refractivity contribution in [3.8, 4) is 0 Å². The van der Waals surface area contributed by atoms with Gasteiger partial charge in [-0.25, -0.2) is 0 Å². The van der Waals surface area contributed by atoms with Crippen LogP contribution in [0, 0.1) is 6.92 Å². The molecule has 0 bridgehead atoms. The Morgan fingerprint density at radius 2 is 2.06 bits per heavy atom. The van der Waals surface area contributed by atoms with Gasteiger partial charge in [0.15, 0.2) is 5.78 Å². The van der Waals surface area contributed by atoms with E-state index in [1.807, 2.05) is 0 Å². The number of rotatable bonds is 1. The van der Waals surface area contributed by atoms with E-state index in [0.29, 0.717) is 26.8 Å². The number of aryl methyl sites for hydroxylation is 1. The molecule has 1 aromatic carbocycles. The fraction of sp³-hybridized carbons (Fsp3) is 0.167. The third kappa shape index (κ3) is 1.69. The first-order valence-corrected chi connectivity index (χ1v) is 5.54. The molecular weight excluding hydrogens is 272 g/mol. The topological polar surface area (TPSA) is 47.3 Å². The van der Waals surface area contributed by atoms with Crippen LogP contribution in [0.1, 0.15) is 23.0 Å². The Balaban J connectivity index is 2.86. The number of ketones is 1. The number of hydrogen-bond donors (Lipinski definition) is 0. The first kappa shape index (κ1) is 11.1. The second kappa shape index (κ2) is 3.87. The molecule has 0 saturated heterocycles. The van der Waals surface area contributed by atoms with Crippen LogP contribution in [0.3, 0.4) is 0 Å². The smallest absolute Gasteiger partial charge is 0.207 e. The second-order valence-electron chi connectivity index (χ2n) is 3.57. The number of hydrogen-bond acceptors (Lipinski definition) is 3. The highest BCUT2D eigenvalue weighted by Crippen LogP contribution is 2.20. The molecule has 0 aliphatic rings. The van der Waals surface area contributed by atoms with Gasteiger partial charge in [-0.05, 0) is 41.9 Å². The Kier molecular flexibility index (Phi) is 2.68. The Morgan fingerprint density at radius 1 is 1.38 bits per heavy atom. The van der Waals surface area contributed by atoms with E-state index in [2.05, 4.69) is 15.9 Å². The summed E-state index contributed by atoms with van der Waals surface area (Å²) in [5, 5.41) is 0.475.